The zero-order valence-electron chi connectivity index (χ0n) is 9.86. The quantitative estimate of drug-likeness (QED) is 0.703. The largest absolute Gasteiger partial charge is 0.377 e. The predicted molar refractivity (Wildman–Crippen MR) is 57.7 cm³/mol. The fourth-order valence-electron chi connectivity index (χ4n) is 1.64. The minimum atomic E-state index is 0.0823. The summed E-state index contributed by atoms with van der Waals surface area (Å²) in [5.41, 5.74) is 0. The van der Waals surface area contributed by atoms with Crippen molar-refractivity contribution < 1.29 is 14.3 Å². The van der Waals surface area contributed by atoms with Gasteiger partial charge in [-0.1, -0.05) is 6.92 Å². The molecule has 1 aliphatic heterocycles. The molecular formula is C11H21NO3. The molecule has 1 aliphatic rings. The lowest BCUT2D eigenvalue weighted by atomic mass is 10.2. The van der Waals surface area contributed by atoms with Crippen molar-refractivity contribution in [1.29, 1.82) is 0 Å². The van der Waals surface area contributed by atoms with E-state index in [1.165, 1.54) is 0 Å². The van der Waals surface area contributed by atoms with E-state index in [1.807, 2.05) is 18.7 Å². The fraction of sp³-hybridized carbons (Fsp3) is 0.909. The van der Waals surface area contributed by atoms with Crippen molar-refractivity contribution in [2.24, 2.45) is 0 Å². The van der Waals surface area contributed by atoms with Crippen LogP contribution < -0.4 is 0 Å². The number of carbonyl (C=O) groups excluding carboxylic acids is 1. The highest BCUT2D eigenvalue weighted by Crippen LogP contribution is 2.10. The molecule has 0 bridgehead atoms. The third-order valence-corrected chi connectivity index (χ3v) is 2.56. The average Bonchev–Trinajstić information content (AvgIpc) is 2.25. The fourth-order valence-corrected chi connectivity index (χ4v) is 1.64. The molecule has 1 rings (SSSR count). The predicted octanol–water partition coefficient (Wildman–Crippen LogP) is 1.05. The van der Waals surface area contributed by atoms with Gasteiger partial charge in [0, 0.05) is 6.54 Å². The number of rotatable bonds is 4. The van der Waals surface area contributed by atoms with E-state index >= 15 is 0 Å². The molecule has 1 fully saturated rings. The molecule has 0 saturated carbocycles. The van der Waals surface area contributed by atoms with Crippen LogP contribution in [0.25, 0.3) is 0 Å². The number of hydrogen-bond acceptors (Lipinski definition) is 3. The molecule has 1 heterocycles. The second kappa shape index (κ2) is 6.08. The van der Waals surface area contributed by atoms with Gasteiger partial charge in [0.05, 0.1) is 25.4 Å². The van der Waals surface area contributed by atoms with Gasteiger partial charge in [0.15, 0.2) is 0 Å². The minimum absolute atomic E-state index is 0.0823. The Balaban J connectivity index is 2.41. The van der Waals surface area contributed by atoms with Crippen LogP contribution in [0.1, 0.15) is 27.2 Å². The maximum Gasteiger partial charge on any atom is 0.248 e. The normalized spacial score (nSPS) is 22.1. The summed E-state index contributed by atoms with van der Waals surface area (Å²) in [4.78, 5) is 13.7. The Hall–Kier alpha value is -0.610. The minimum Gasteiger partial charge on any atom is -0.377 e. The van der Waals surface area contributed by atoms with Crippen molar-refractivity contribution >= 4 is 5.91 Å². The Morgan fingerprint density at radius 2 is 2.33 bits per heavy atom. The van der Waals surface area contributed by atoms with Gasteiger partial charge < -0.3 is 14.4 Å². The SMILES string of the molecule is CCC1COCCN1C(=O)COC(C)C. The number of hydrogen-bond donors (Lipinski definition) is 0. The Morgan fingerprint density at radius 1 is 1.60 bits per heavy atom. The van der Waals surface area contributed by atoms with Gasteiger partial charge >= 0.3 is 0 Å². The van der Waals surface area contributed by atoms with Gasteiger partial charge in [-0.3, -0.25) is 4.79 Å². The summed E-state index contributed by atoms with van der Waals surface area (Å²) in [5, 5.41) is 0. The van der Waals surface area contributed by atoms with E-state index in [0.29, 0.717) is 19.8 Å². The summed E-state index contributed by atoms with van der Waals surface area (Å²) in [6, 6.07) is 0.224. The van der Waals surface area contributed by atoms with Crippen LogP contribution >= 0.6 is 0 Å². The van der Waals surface area contributed by atoms with E-state index in [9.17, 15) is 4.79 Å². The van der Waals surface area contributed by atoms with Crippen LogP contribution in [0.15, 0.2) is 0 Å². The number of morpholine rings is 1. The molecule has 1 atom stereocenters. The third-order valence-electron chi connectivity index (χ3n) is 2.56. The van der Waals surface area contributed by atoms with Crippen LogP contribution in [0.5, 0.6) is 0 Å². The Labute approximate surface area is 91.5 Å². The first-order valence-electron chi connectivity index (χ1n) is 5.64. The highest BCUT2D eigenvalue weighted by molar-refractivity contribution is 5.77. The highest BCUT2D eigenvalue weighted by Gasteiger charge is 2.25. The molecule has 4 nitrogen and oxygen atoms in total. The zero-order valence-corrected chi connectivity index (χ0v) is 9.86. The maximum atomic E-state index is 11.8. The highest BCUT2D eigenvalue weighted by atomic mass is 16.5. The molecule has 0 aromatic heterocycles. The van der Waals surface area contributed by atoms with Crippen LogP contribution in [0, 0.1) is 0 Å². The lowest BCUT2D eigenvalue weighted by molar-refractivity contribution is -0.146. The molecule has 1 unspecified atom stereocenters. The van der Waals surface area contributed by atoms with Crippen molar-refractivity contribution in [1.82, 2.24) is 4.90 Å². The second-order valence-corrected chi connectivity index (χ2v) is 4.08. The van der Waals surface area contributed by atoms with E-state index < -0.39 is 0 Å². The van der Waals surface area contributed by atoms with E-state index in [1.54, 1.807) is 0 Å². The van der Waals surface area contributed by atoms with Crippen molar-refractivity contribution in [3.8, 4) is 0 Å². The molecule has 0 aromatic carbocycles. The van der Waals surface area contributed by atoms with Crippen LogP contribution in [0.3, 0.4) is 0 Å². The molecule has 0 spiro atoms. The van der Waals surface area contributed by atoms with Crippen molar-refractivity contribution in [2.75, 3.05) is 26.4 Å². The molecular weight excluding hydrogens is 194 g/mol. The van der Waals surface area contributed by atoms with E-state index in [0.717, 1.165) is 6.42 Å². The standard InChI is InChI=1S/C11H21NO3/c1-4-10-7-14-6-5-12(10)11(13)8-15-9(2)3/h9-10H,4-8H2,1-3H3. The van der Waals surface area contributed by atoms with Gasteiger partial charge in [0.25, 0.3) is 0 Å². The van der Waals surface area contributed by atoms with Crippen LogP contribution in [0.4, 0.5) is 0 Å². The van der Waals surface area contributed by atoms with Crippen LogP contribution in [-0.4, -0.2) is 49.3 Å². The molecule has 0 aliphatic carbocycles. The van der Waals surface area contributed by atoms with E-state index in [2.05, 4.69) is 6.92 Å². The molecule has 15 heavy (non-hydrogen) atoms. The summed E-state index contributed by atoms with van der Waals surface area (Å²) >= 11 is 0. The Bertz CT molecular complexity index is 206. The molecule has 0 aromatic rings. The number of nitrogens with zero attached hydrogens (tertiary/aromatic N) is 1. The van der Waals surface area contributed by atoms with E-state index in [4.69, 9.17) is 9.47 Å². The van der Waals surface area contributed by atoms with Gasteiger partial charge in [-0.2, -0.15) is 0 Å². The lowest BCUT2D eigenvalue weighted by Gasteiger charge is -2.35. The summed E-state index contributed by atoms with van der Waals surface area (Å²) in [6.45, 7) is 8.12. The molecule has 0 N–H and O–H groups in total. The van der Waals surface area contributed by atoms with Crippen molar-refractivity contribution in [3.63, 3.8) is 0 Å². The second-order valence-electron chi connectivity index (χ2n) is 4.08. The first-order chi connectivity index (χ1) is 7.15. The van der Waals surface area contributed by atoms with Gasteiger partial charge in [0.2, 0.25) is 5.91 Å². The zero-order chi connectivity index (χ0) is 11.3. The Morgan fingerprint density at radius 3 is 2.93 bits per heavy atom. The topological polar surface area (TPSA) is 38.8 Å². The third kappa shape index (κ3) is 3.80. The first kappa shape index (κ1) is 12.5. The maximum absolute atomic E-state index is 11.8. The summed E-state index contributed by atoms with van der Waals surface area (Å²) < 4.78 is 10.7. The van der Waals surface area contributed by atoms with E-state index in [-0.39, 0.29) is 24.7 Å². The smallest absolute Gasteiger partial charge is 0.248 e. The van der Waals surface area contributed by atoms with Gasteiger partial charge in [-0.05, 0) is 20.3 Å². The molecule has 4 heteroatoms. The molecule has 1 saturated heterocycles. The number of ether oxygens (including phenoxy) is 2. The van der Waals surface area contributed by atoms with Gasteiger partial charge in [0.1, 0.15) is 6.61 Å². The summed E-state index contributed by atoms with van der Waals surface area (Å²) in [5.74, 6) is 0.0823. The average molecular weight is 215 g/mol. The molecule has 0 radical (unpaired) electrons. The van der Waals surface area contributed by atoms with Gasteiger partial charge in [-0.25, -0.2) is 0 Å². The van der Waals surface area contributed by atoms with Crippen molar-refractivity contribution in [2.45, 2.75) is 39.3 Å². The summed E-state index contributed by atoms with van der Waals surface area (Å²) in [6.07, 6.45) is 1.04. The van der Waals surface area contributed by atoms with Crippen molar-refractivity contribution in [3.05, 3.63) is 0 Å². The van der Waals surface area contributed by atoms with Crippen LogP contribution in [-0.2, 0) is 14.3 Å². The first-order valence-corrected chi connectivity index (χ1v) is 5.64. The Kier molecular flexibility index (Phi) is 5.05. The molecule has 1 amide bonds. The summed E-state index contributed by atoms with van der Waals surface area (Å²) in [7, 11) is 0. The monoisotopic (exact) mass is 215 g/mol. The lowest BCUT2D eigenvalue weighted by Crippen LogP contribution is -2.49. The van der Waals surface area contributed by atoms with Gasteiger partial charge in [-0.15, -0.1) is 0 Å². The molecule has 88 valence electrons. The van der Waals surface area contributed by atoms with Crippen LogP contribution in [0.2, 0.25) is 0 Å². The number of carbonyl (C=O) groups is 1. The number of amides is 1.